The lowest BCUT2D eigenvalue weighted by atomic mass is 10.0. The number of phenolic OH excluding ortho intramolecular Hbond substituents is 1. The van der Waals surface area contributed by atoms with Gasteiger partial charge in [-0.05, 0) is 36.5 Å². The van der Waals surface area contributed by atoms with Crippen LogP contribution in [0.3, 0.4) is 0 Å². The molecule has 2 rings (SSSR count). The highest BCUT2D eigenvalue weighted by Crippen LogP contribution is 2.38. The maximum atomic E-state index is 11.4. The standard InChI is InChI=1S/C11H11BrO3/c1-15-11(14)8-5-9(12)6-3-2-4-7(6)10(8)13/h5,13H,2-4H2,1H3. The van der Waals surface area contributed by atoms with Crippen molar-refractivity contribution >= 4 is 21.9 Å². The SMILES string of the molecule is COC(=O)c1cc(Br)c2c(c1O)CCC2. The van der Waals surface area contributed by atoms with E-state index in [0.29, 0.717) is 0 Å². The van der Waals surface area contributed by atoms with E-state index in [-0.39, 0.29) is 11.3 Å². The molecule has 1 aromatic carbocycles. The quantitative estimate of drug-likeness (QED) is 0.798. The van der Waals surface area contributed by atoms with Gasteiger partial charge in [0.05, 0.1) is 7.11 Å². The zero-order chi connectivity index (χ0) is 11.0. The lowest BCUT2D eigenvalue weighted by Crippen LogP contribution is -2.03. The normalized spacial score (nSPS) is 13.7. The molecule has 1 aromatic rings. The molecule has 0 aliphatic heterocycles. The Morgan fingerprint density at radius 2 is 2.13 bits per heavy atom. The maximum absolute atomic E-state index is 11.4. The molecule has 4 heteroatoms. The average Bonchev–Trinajstić information content (AvgIpc) is 2.71. The van der Waals surface area contributed by atoms with Gasteiger partial charge in [0.1, 0.15) is 11.3 Å². The molecule has 0 heterocycles. The lowest BCUT2D eigenvalue weighted by Gasteiger charge is -2.09. The fourth-order valence-electron chi connectivity index (χ4n) is 1.98. The number of fused-ring (bicyclic) bond motifs is 1. The molecular weight excluding hydrogens is 260 g/mol. The fraction of sp³-hybridized carbons (Fsp3) is 0.364. The van der Waals surface area contributed by atoms with Crippen LogP contribution in [-0.4, -0.2) is 18.2 Å². The van der Waals surface area contributed by atoms with Crippen molar-refractivity contribution in [2.45, 2.75) is 19.3 Å². The monoisotopic (exact) mass is 270 g/mol. The first-order valence-corrected chi connectivity index (χ1v) is 5.56. The van der Waals surface area contributed by atoms with Crippen molar-refractivity contribution in [3.63, 3.8) is 0 Å². The van der Waals surface area contributed by atoms with E-state index < -0.39 is 5.97 Å². The van der Waals surface area contributed by atoms with Crippen molar-refractivity contribution in [1.29, 1.82) is 0 Å². The van der Waals surface area contributed by atoms with E-state index in [1.807, 2.05) is 0 Å². The van der Waals surface area contributed by atoms with Gasteiger partial charge in [0.25, 0.3) is 0 Å². The van der Waals surface area contributed by atoms with Gasteiger partial charge in [0.2, 0.25) is 0 Å². The van der Waals surface area contributed by atoms with Crippen molar-refractivity contribution in [2.75, 3.05) is 7.11 Å². The number of carbonyl (C=O) groups is 1. The van der Waals surface area contributed by atoms with Crippen molar-refractivity contribution in [3.8, 4) is 5.75 Å². The van der Waals surface area contributed by atoms with Crippen LogP contribution in [0, 0.1) is 0 Å². The van der Waals surface area contributed by atoms with Gasteiger partial charge in [-0.15, -0.1) is 0 Å². The highest BCUT2D eigenvalue weighted by molar-refractivity contribution is 9.10. The number of benzene rings is 1. The molecule has 3 nitrogen and oxygen atoms in total. The van der Waals surface area contributed by atoms with Crippen LogP contribution in [0.15, 0.2) is 10.5 Å². The Kier molecular flexibility index (Phi) is 2.69. The average molecular weight is 271 g/mol. The van der Waals surface area contributed by atoms with E-state index >= 15 is 0 Å². The predicted octanol–water partition coefficient (Wildman–Crippen LogP) is 2.43. The predicted molar refractivity (Wildman–Crippen MR) is 59.2 cm³/mol. The Labute approximate surface area is 96.2 Å². The van der Waals surface area contributed by atoms with E-state index in [1.54, 1.807) is 6.07 Å². The summed E-state index contributed by atoms with van der Waals surface area (Å²) in [6.45, 7) is 0. The molecule has 0 unspecified atom stereocenters. The molecule has 1 aliphatic carbocycles. The van der Waals surface area contributed by atoms with E-state index in [1.165, 1.54) is 7.11 Å². The minimum atomic E-state index is -0.497. The van der Waals surface area contributed by atoms with E-state index in [2.05, 4.69) is 20.7 Å². The van der Waals surface area contributed by atoms with E-state index in [4.69, 9.17) is 0 Å². The van der Waals surface area contributed by atoms with Gasteiger partial charge in [-0.2, -0.15) is 0 Å². The molecule has 80 valence electrons. The number of carbonyl (C=O) groups excluding carboxylic acids is 1. The third kappa shape index (κ3) is 1.63. The Balaban J connectivity index is 2.59. The van der Waals surface area contributed by atoms with E-state index in [9.17, 15) is 9.90 Å². The van der Waals surface area contributed by atoms with Crippen molar-refractivity contribution < 1.29 is 14.6 Å². The second-order valence-corrected chi connectivity index (χ2v) is 4.41. The second kappa shape index (κ2) is 3.85. The lowest BCUT2D eigenvalue weighted by molar-refractivity contribution is 0.0597. The zero-order valence-corrected chi connectivity index (χ0v) is 9.93. The van der Waals surface area contributed by atoms with Gasteiger partial charge in [-0.25, -0.2) is 4.79 Å². The summed E-state index contributed by atoms with van der Waals surface area (Å²) in [6.07, 6.45) is 2.79. The van der Waals surface area contributed by atoms with Crippen molar-refractivity contribution in [1.82, 2.24) is 0 Å². The number of hydrogen-bond donors (Lipinski definition) is 1. The summed E-state index contributed by atoms with van der Waals surface area (Å²) in [4.78, 5) is 11.4. The smallest absolute Gasteiger partial charge is 0.341 e. The number of rotatable bonds is 1. The van der Waals surface area contributed by atoms with Crippen LogP contribution in [0.5, 0.6) is 5.75 Å². The van der Waals surface area contributed by atoms with Crippen LogP contribution in [0.2, 0.25) is 0 Å². The van der Waals surface area contributed by atoms with Crippen LogP contribution in [0.25, 0.3) is 0 Å². The number of ether oxygens (including phenoxy) is 1. The number of hydrogen-bond acceptors (Lipinski definition) is 3. The minimum Gasteiger partial charge on any atom is -0.507 e. The van der Waals surface area contributed by atoms with Gasteiger partial charge in [-0.1, -0.05) is 15.9 Å². The molecule has 1 N–H and O–H groups in total. The minimum absolute atomic E-state index is 0.0811. The second-order valence-electron chi connectivity index (χ2n) is 3.56. The first-order chi connectivity index (χ1) is 7.15. The molecule has 0 amide bonds. The van der Waals surface area contributed by atoms with Gasteiger partial charge in [0.15, 0.2) is 0 Å². The van der Waals surface area contributed by atoms with Gasteiger partial charge in [0, 0.05) is 4.47 Å². The molecule has 15 heavy (non-hydrogen) atoms. The molecule has 0 spiro atoms. The molecule has 0 saturated heterocycles. The summed E-state index contributed by atoms with van der Waals surface area (Å²) < 4.78 is 5.49. The summed E-state index contributed by atoms with van der Waals surface area (Å²) >= 11 is 3.41. The van der Waals surface area contributed by atoms with Gasteiger partial charge < -0.3 is 9.84 Å². The zero-order valence-electron chi connectivity index (χ0n) is 8.34. The number of esters is 1. The van der Waals surface area contributed by atoms with Crippen LogP contribution >= 0.6 is 15.9 Å². The molecule has 0 radical (unpaired) electrons. The largest absolute Gasteiger partial charge is 0.507 e. The Morgan fingerprint density at radius 1 is 1.47 bits per heavy atom. The molecule has 0 fully saturated rings. The highest BCUT2D eigenvalue weighted by Gasteiger charge is 2.23. The Morgan fingerprint density at radius 3 is 2.80 bits per heavy atom. The van der Waals surface area contributed by atoms with Gasteiger partial charge in [-0.3, -0.25) is 0 Å². The molecule has 0 aromatic heterocycles. The number of methoxy groups -OCH3 is 1. The first kappa shape index (κ1) is 10.5. The summed E-state index contributed by atoms with van der Waals surface area (Å²) in [6, 6.07) is 1.63. The molecule has 0 atom stereocenters. The summed E-state index contributed by atoms with van der Waals surface area (Å²) in [5.74, 6) is -0.416. The summed E-state index contributed by atoms with van der Waals surface area (Å²) in [5, 5.41) is 9.91. The Bertz CT molecular complexity index is 426. The van der Waals surface area contributed by atoms with Crippen molar-refractivity contribution in [2.24, 2.45) is 0 Å². The molecule has 0 saturated carbocycles. The third-order valence-corrected chi connectivity index (χ3v) is 3.43. The Hall–Kier alpha value is -1.03. The highest BCUT2D eigenvalue weighted by atomic mass is 79.9. The van der Waals surface area contributed by atoms with Crippen LogP contribution in [-0.2, 0) is 17.6 Å². The molecule has 0 bridgehead atoms. The summed E-state index contributed by atoms with van der Waals surface area (Å²) in [5.41, 5.74) is 2.23. The number of aromatic hydroxyl groups is 1. The molecular formula is C11H11BrO3. The van der Waals surface area contributed by atoms with Crippen LogP contribution in [0.1, 0.15) is 27.9 Å². The number of halogens is 1. The number of phenols is 1. The molecule has 1 aliphatic rings. The van der Waals surface area contributed by atoms with Crippen molar-refractivity contribution in [3.05, 3.63) is 27.2 Å². The van der Waals surface area contributed by atoms with Gasteiger partial charge >= 0.3 is 5.97 Å². The first-order valence-electron chi connectivity index (χ1n) is 4.76. The van der Waals surface area contributed by atoms with Crippen LogP contribution < -0.4 is 0 Å². The fourth-order valence-corrected chi connectivity index (χ4v) is 2.65. The summed E-state index contributed by atoms with van der Waals surface area (Å²) in [7, 11) is 1.31. The maximum Gasteiger partial charge on any atom is 0.341 e. The van der Waals surface area contributed by atoms with E-state index in [0.717, 1.165) is 34.9 Å². The van der Waals surface area contributed by atoms with Crippen LogP contribution in [0.4, 0.5) is 0 Å². The topological polar surface area (TPSA) is 46.5 Å². The third-order valence-electron chi connectivity index (χ3n) is 2.72.